The van der Waals surface area contributed by atoms with E-state index in [9.17, 15) is 4.79 Å². The molecule has 0 aliphatic rings. The van der Waals surface area contributed by atoms with Gasteiger partial charge >= 0.3 is 0 Å². The van der Waals surface area contributed by atoms with Gasteiger partial charge in [0.15, 0.2) is 0 Å². The fourth-order valence-corrected chi connectivity index (χ4v) is 4.17. The number of carbonyl (C=O) groups excluding carboxylic acids is 1. The van der Waals surface area contributed by atoms with Crippen molar-refractivity contribution in [2.24, 2.45) is 0 Å². The summed E-state index contributed by atoms with van der Waals surface area (Å²) in [6, 6.07) is 8.94. The number of hydrogen-bond donors (Lipinski definition) is 2. The van der Waals surface area contributed by atoms with Gasteiger partial charge in [0.25, 0.3) is 0 Å². The molecule has 178 valence electrons. The average Bonchev–Trinajstić information content (AvgIpc) is 2.86. The number of benzene rings is 2. The van der Waals surface area contributed by atoms with Gasteiger partial charge in [0.1, 0.15) is 11.5 Å². The molecule has 1 amide bonds. The average molecular weight is 510 g/mol. The zero-order valence-corrected chi connectivity index (χ0v) is 20.7. The zero-order valence-electron chi connectivity index (χ0n) is 19.1. The maximum atomic E-state index is 11.8. The molecule has 0 atom stereocenters. The number of rotatable bonds is 7. The van der Waals surface area contributed by atoms with Gasteiger partial charge in [-0.05, 0) is 30.7 Å². The van der Waals surface area contributed by atoms with Crippen LogP contribution in [-0.4, -0.2) is 35.1 Å². The van der Waals surface area contributed by atoms with Crippen LogP contribution in [0.25, 0.3) is 22.2 Å². The minimum Gasteiger partial charge on any atom is -0.495 e. The van der Waals surface area contributed by atoms with E-state index in [1.54, 1.807) is 30.6 Å². The van der Waals surface area contributed by atoms with Gasteiger partial charge in [-0.1, -0.05) is 41.9 Å². The maximum absolute atomic E-state index is 11.8. The van der Waals surface area contributed by atoms with Crippen molar-refractivity contribution >= 4 is 57.3 Å². The van der Waals surface area contributed by atoms with Gasteiger partial charge in [-0.2, -0.15) is 0 Å². The number of halogens is 2. The Morgan fingerprint density at radius 1 is 1.06 bits per heavy atom. The number of carbonyl (C=O) groups is 1. The first kappa shape index (κ1) is 24.3. The fraction of sp³-hybridized carbons (Fsp3) is 0.120. The molecule has 2 aromatic carbocycles. The Morgan fingerprint density at radius 3 is 2.43 bits per heavy atom. The molecule has 0 saturated heterocycles. The molecule has 0 bridgehead atoms. The van der Waals surface area contributed by atoms with Gasteiger partial charge in [-0.3, -0.25) is 9.78 Å². The summed E-state index contributed by atoms with van der Waals surface area (Å²) in [6.07, 6.45) is 4.47. The van der Waals surface area contributed by atoms with E-state index in [0.29, 0.717) is 55.6 Å². The number of methoxy groups -OCH3 is 2. The number of hydrogen-bond acceptors (Lipinski definition) is 7. The van der Waals surface area contributed by atoms with E-state index < -0.39 is 0 Å². The lowest BCUT2D eigenvalue weighted by Gasteiger charge is -2.15. The van der Waals surface area contributed by atoms with E-state index >= 15 is 0 Å². The van der Waals surface area contributed by atoms with Crippen molar-refractivity contribution in [3.8, 4) is 22.8 Å². The van der Waals surface area contributed by atoms with E-state index in [1.807, 2.05) is 19.1 Å². The normalized spacial score (nSPS) is 10.7. The quantitative estimate of drug-likeness (QED) is 0.286. The molecule has 0 saturated carbocycles. The number of para-hydroxylation sites is 1. The summed E-state index contributed by atoms with van der Waals surface area (Å²) in [5.74, 6) is 0.854. The Bertz CT molecular complexity index is 1430. The van der Waals surface area contributed by atoms with Crippen molar-refractivity contribution < 1.29 is 14.3 Å². The minimum absolute atomic E-state index is 0.318. The molecule has 4 rings (SSSR count). The number of ether oxygens (including phenoxy) is 2. The number of anilines is 3. The topological polar surface area (TPSA) is 98.3 Å². The highest BCUT2D eigenvalue weighted by Crippen LogP contribution is 2.45. The molecule has 2 heterocycles. The van der Waals surface area contributed by atoms with Gasteiger partial charge in [0, 0.05) is 23.2 Å². The Morgan fingerprint density at radius 2 is 1.77 bits per heavy atom. The minimum atomic E-state index is -0.318. The molecule has 4 aromatic rings. The first-order valence-electron chi connectivity index (χ1n) is 10.4. The molecule has 0 spiro atoms. The predicted octanol–water partition coefficient (Wildman–Crippen LogP) is 6.19. The standard InChI is InChI=1S/C25H21Cl2N5O3/c1-5-20(33)30-15-8-6-7-13(2)24(15)32-25-29-11-14-9-16(28-12-17(14)31-25)21-22(26)18(34-3)10-19(35-4)23(21)27/h5-12H,1H2,2-4H3,(H,30,33)(H,29,31,32). The largest absolute Gasteiger partial charge is 0.495 e. The molecule has 35 heavy (non-hydrogen) atoms. The van der Waals surface area contributed by atoms with Crippen LogP contribution in [0, 0.1) is 6.92 Å². The number of nitrogens with zero attached hydrogens (tertiary/aromatic N) is 3. The van der Waals surface area contributed by atoms with E-state index in [4.69, 9.17) is 32.7 Å². The van der Waals surface area contributed by atoms with Crippen LogP contribution in [0.1, 0.15) is 5.56 Å². The number of pyridine rings is 1. The summed E-state index contributed by atoms with van der Waals surface area (Å²) in [7, 11) is 3.02. The van der Waals surface area contributed by atoms with Gasteiger partial charge < -0.3 is 20.1 Å². The van der Waals surface area contributed by atoms with Crippen molar-refractivity contribution in [2.45, 2.75) is 6.92 Å². The Labute approximate surface area is 211 Å². The number of nitrogens with one attached hydrogen (secondary N) is 2. The zero-order chi connectivity index (χ0) is 25.1. The summed E-state index contributed by atoms with van der Waals surface area (Å²) in [6.45, 7) is 5.40. The second-order valence-corrected chi connectivity index (χ2v) is 8.18. The van der Waals surface area contributed by atoms with Gasteiger partial charge in [0.2, 0.25) is 11.9 Å². The molecule has 0 aliphatic carbocycles. The molecule has 0 fully saturated rings. The van der Waals surface area contributed by atoms with Crippen LogP contribution in [0.5, 0.6) is 11.5 Å². The first-order chi connectivity index (χ1) is 16.9. The summed E-state index contributed by atoms with van der Waals surface area (Å²) in [5.41, 5.74) is 3.76. The maximum Gasteiger partial charge on any atom is 0.247 e. The van der Waals surface area contributed by atoms with Crippen LogP contribution in [0.3, 0.4) is 0 Å². The van der Waals surface area contributed by atoms with Crippen LogP contribution in [0.4, 0.5) is 17.3 Å². The highest BCUT2D eigenvalue weighted by Gasteiger charge is 2.20. The molecule has 2 N–H and O–H groups in total. The number of aryl methyl sites for hydroxylation is 1. The Hall–Kier alpha value is -3.88. The second kappa shape index (κ2) is 10.2. The monoisotopic (exact) mass is 509 g/mol. The van der Waals surface area contributed by atoms with Crippen LogP contribution < -0.4 is 20.1 Å². The van der Waals surface area contributed by atoms with Crippen LogP contribution in [0.2, 0.25) is 10.0 Å². The second-order valence-electron chi connectivity index (χ2n) is 7.42. The highest BCUT2D eigenvalue weighted by atomic mass is 35.5. The number of amides is 1. The molecular formula is C25H21Cl2N5O3. The van der Waals surface area contributed by atoms with Crippen LogP contribution >= 0.6 is 23.2 Å². The SMILES string of the molecule is C=CC(=O)Nc1cccc(C)c1Nc1ncc2cc(-c3c(Cl)c(OC)cc(OC)c3Cl)ncc2n1. The lowest BCUT2D eigenvalue weighted by atomic mass is 10.1. The Kier molecular flexibility index (Phi) is 7.04. The lowest BCUT2D eigenvalue weighted by molar-refractivity contribution is -0.111. The predicted molar refractivity (Wildman–Crippen MR) is 139 cm³/mol. The molecule has 0 radical (unpaired) electrons. The molecule has 0 unspecified atom stereocenters. The lowest BCUT2D eigenvalue weighted by Crippen LogP contribution is -2.10. The summed E-state index contributed by atoms with van der Waals surface area (Å²) in [4.78, 5) is 25.3. The van der Waals surface area contributed by atoms with Gasteiger partial charge in [0.05, 0.1) is 53.0 Å². The first-order valence-corrected chi connectivity index (χ1v) is 11.1. The van der Waals surface area contributed by atoms with Crippen LogP contribution in [0.15, 0.2) is 55.4 Å². The number of aromatic nitrogens is 3. The van der Waals surface area contributed by atoms with Crippen molar-refractivity contribution in [3.05, 3.63) is 71.0 Å². The third-order valence-corrected chi connectivity index (χ3v) is 6.00. The van der Waals surface area contributed by atoms with Crippen molar-refractivity contribution in [2.75, 3.05) is 24.9 Å². The summed E-state index contributed by atoms with van der Waals surface area (Å²) >= 11 is 13.1. The smallest absolute Gasteiger partial charge is 0.247 e. The van der Waals surface area contributed by atoms with E-state index in [1.165, 1.54) is 20.3 Å². The molecule has 0 aliphatic heterocycles. The van der Waals surface area contributed by atoms with Crippen LogP contribution in [-0.2, 0) is 4.79 Å². The Balaban J connectivity index is 1.72. The van der Waals surface area contributed by atoms with Gasteiger partial charge in [-0.15, -0.1) is 0 Å². The fourth-order valence-electron chi connectivity index (χ4n) is 3.48. The molecule has 8 nitrogen and oxygen atoms in total. The van der Waals surface area contributed by atoms with Gasteiger partial charge in [-0.25, -0.2) is 9.97 Å². The molecular weight excluding hydrogens is 489 g/mol. The summed E-state index contributed by atoms with van der Waals surface area (Å²) in [5, 5.41) is 7.32. The van der Waals surface area contributed by atoms with Crippen molar-refractivity contribution in [1.82, 2.24) is 15.0 Å². The highest BCUT2D eigenvalue weighted by molar-refractivity contribution is 6.41. The van der Waals surface area contributed by atoms with Crippen molar-refractivity contribution in [3.63, 3.8) is 0 Å². The van der Waals surface area contributed by atoms with Crippen molar-refractivity contribution in [1.29, 1.82) is 0 Å². The third-order valence-electron chi connectivity index (χ3n) is 5.25. The van der Waals surface area contributed by atoms with E-state index in [0.717, 1.165) is 10.9 Å². The molecule has 2 aromatic heterocycles. The van der Waals surface area contributed by atoms with E-state index in [2.05, 4.69) is 32.2 Å². The number of fused-ring (bicyclic) bond motifs is 1. The molecule has 10 heteroatoms. The third kappa shape index (κ3) is 4.84. The summed E-state index contributed by atoms with van der Waals surface area (Å²) < 4.78 is 10.7. The van der Waals surface area contributed by atoms with E-state index in [-0.39, 0.29) is 5.91 Å².